The molecule has 1 heterocycles. The number of ether oxygens (including phenoxy) is 1. The molecule has 122 valence electrons. The zero-order chi connectivity index (χ0) is 16.3. The highest BCUT2D eigenvalue weighted by Crippen LogP contribution is 2.36. The number of carbonyl (C=O) groups excluding carboxylic acids is 1. The van der Waals surface area contributed by atoms with Gasteiger partial charge in [-0.25, -0.2) is 4.79 Å². The summed E-state index contributed by atoms with van der Waals surface area (Å²) in [4.78, 5) is 13.6. The minimum absolute atomic E-state index is 0.0666. The summed E-state index contributed by atoms with van der Waals surface area (Å²) in [7, 11) is 1.59. The van der Waals surface area contributed by atoms with Crippen molar-refractivity contribution in [3.8, 4) is 0 Å². The van der Waals surface area contributed by atoms with E-state index in [1.807, 2.05) is 0 Å². The van der Waals surface area contributed by atoms with E-state index in [1.165, 1.54) is 6.07 Å². The van der Waals surface area contributed by atoms with Gasteiger partial charge in [-0.05, 0) is 24.6 Å². The molecule has 0 radical (unpaired) electrons. The Balaban J connectivity index is 2.04. The average Bonchev–Trinajstić information content (AvgIpc) is 2.89. The molecule has 0 saturated carbocycles. The third-order valence-electron chi connectivity index (χ3n) is 3.50. The van der Waals surface area contributed by atoms with Crippen molar-refractivity contribution in [3.63, 3.8) is 0 Å². The molecule has 1 atom stereocenters. The van der Waals surface area contributed by atoms with E-state index in [9.17, 15) is 18.0 Å². The predicted octanol–water partition coefficient (Wildman–Crippen LogP) is 3.86. The zero-order valence-corrected chi connectivity index (χ0v) is 12.7. The second-order valence-corrected chi connectivity index (χ2v) is 5.59. The second kappa shape index (κ2) is 6.75. The second-order valence-electron chi connectivity index (χ2n) is 5.18. The van der Waals surface area contributed by atoms with Crippen molar-refractivity contribution in [2.45, 2.75) is 12.6 Å². The van der Waals surface area contributed by atoms with E-state index >= 15 is 0 Å². The van der Waals surface area contributed by atoms with Gasteiger partial charge in [0.25, 0.3) is 0 Å². The normalized spacial score (nSPS) is 18.6. The molecule has 0 aromatic heterocycles. The van der Waals surface area contributed by atoms with Crippen LogP contribution in [0.2, 0.25) is 5.02 Å². The van der Waals surface area contributed by atoms with Crippen molar-refractivity contribution in [2.75, 3.05) is 32.1 Å². The number of halogens is 4. The van der Waals surface area contributed by atoms with Crippen LogP contribution in [0.25, 0.3) is 0 Å². The Morgan fingerprint density at radius 2 is 2.23 bits per heavy atom. The maximum Gasteiger partial charge on any atom is 0.417 e. The van der Waals surface area contributed by atoms with Gasteiger partial charge in [-0.3, -0.25) is 0 Å². The Labute approximate surface area is 131 Å². The van der Waals surface area contributed by atoms with Crippen LogP contribution < -0.4 is 5.32 Å². The number of nitrogens with zero attached hydrogens (tertiary/aromatic N) is 1. The lowest BCUT2D eigenvalue weighted by Gasteiger charge is -2.18. The van der Waals surface area contributed by atoms with Crippen LogP contribution in [0.4, 0.5) is 23.7 Å². The van der Waals surface area contributed by atoms with Gasteiger partial charge in [0.05, 0.1) is 17.2 Å². The third-order valence-corrected chi connectivity index (χ3v) is 3.83. The number of methoxy groups -OCH3 is 1. The summed E-state index contributed by atoms with van der Waals surface area (Å²) in [6, 6.07) is 2.88. The lowest BCUT2D eigenvalue weighted by Crippen LogP contribution is -2.33. The number of urea groups is 1. The van der Waals surface area contributed by atoms with E-state index in [4.69, 9.17) is 16.3 Å². The fourth-order valence-electron chi connectivity index (χ4n) is 2.41. The largest absolute Gasteiger partial charge is 0.417 e. The molecule has 1 aliphatic heterocycles. The van der Waals surface area contributed by atoms with Crippen LogP contribution in [0.1, 0.15) is 12.0 Å². The lowest BCUT2D eigenvalue weighted by atomic mass is 10.1. The molecule has 0 spiro atoms. The Morgan fingerprint density at radius 3 is 2.86 bits per heavy atom. The highest BCUT2D eigenvalue weighted by Gasteiger charge is 2.33. The minimum atomic E-state index is -4.56. The van der Waals surface area contributed by atoms with E-state index < -0.39 is 22.8 Å². The summed E-state index contributed by atoms with van der Waals surface area (Å²) < 4.78 is 43.4. The van der Waals surface area contributed by atoms with Crippen LogP contribution in [0, 0.1) is 5.92 Å². The SMILES string of the molecule is COC[C@@H]1CCN(C(=O)Nc2ccc(Cl)c(C(F)(F)F)c2)C1. The molecule has 1 fully saturated rings. The Hall–Kier alpha value is -1.47. The first-order chi connectivity index (χ1) is 10.3. The van der Waals surface area contributed by atoms with Crippen LogP contribution in [0.5, 0.6) is 0 Å². The molecule has 22 heavy (non-hydrogen) atoms. The molecular weight excluding hydrogens is 321 g/mol. The molecule has 1 aromatic rings. The fourth-order valence-corrected chi connectivity index (χ4v) is 2.64. The van der Waals surface area contributed by atoms with Gasteiger partial charge < -0.3 is 15.0 Å². The maximum absolute atomic E-state index is 12.8. The van der Waals surface area contributed by atoms with Gasteiger partial charge in [-0.15, -0.1) is 0 Å². The molecule has 1 aromatic carbocycles. The summed E-state index contributed by atoms with van der Waals surface area (Å²) in [6.45, 7) is 1.64. The van der Waals surface area contributed by atoms with Crippen molar-refractivity contribution in [2.24, 2.45) is 5.92 Å². The summed E-state index contributed by atoms with van der Waals surface area (Å²) in [6.07, 6.45) is -3.75. The number of hydrogen-bond donors (Lipinski definition) is 1. The quantitative estimate of drug-likeness (QED) is 0.910. The highest BCUT2D eigenvalue weighted by molar-refractivity contribution is 6.31. The standard InChI is InChI=1S/C14H16ClF3N2O2/c1-22-8-9-4-5-20(7-9)13(21)19-10-2-3-12(15)11(6-10)14(16,17)18/h2-3,6,9H,4-5,7-8H2,1H3,(H,19,21)/t9-/m1/s1. The maximum atomic E-state index is 12.8. The molecular formula is C14H16ClF3N2O2. The molecule has 0 bridgehead atoms. The van der Waals surface area contributed by atoms with Crippen LogP contribution >= 0.6 is 11.6 Å². The average molecular weight is 337 g/mol. The summed E-state index contributed by atoms with van der Waals surface area (Å²) in [5.74, 6) is 0.256. The molecule has 8 heteroatoms. The van der Waals surface area contributed by atoms with Crippen molar-refractivity contribution >= 4 is 23.3 Å². The monoisotopic (exact) mass is 336 g/mol. The highest BCUT2D eigenvalue weighted by atomic mass is 35.5. The molecule has 1 aliphatic rings. The number of carbonyl (C=O) groups is 1. The third kappa shape index (κ3) is 4.04. The Bertz CT molecular complexity index is 551. The number of nitrogens with one attached hydrogen (secondary N) is 1. The molecule has 2 rings (SSSR count). The fraction of sp³-hybridized carbons (Fsp3) is 0.500. The molecule has 0 aliphatic carbocycles. The van der Waals surface area contributed by atoms with Crippen molar-refractivity contribution in [3.05, 3.63) is 28.8 Å². The number of amides is 2. The summed E-state index contributed by atoms with van der Waals surface area (Å²) in [5.41, 5.74) is -0.900. The molecule has 1 saturated heterocycles. The van der Waals surface area contributed by atoms with Gasteiger partial charge in [-0.1, -0.05) is 11.6 Å². The Morgan fingerprint density at radius 1 is 1.50 bits per heavy atom. The van der Waals surface area contributed by atoms with E-state index in [0.717, 1.165) is 18.6 Å². The number of benzene rings is 1. The molecule has 0 unspecified atom stereocenters. The molecule has 4 nitrogen and oxygen atoms in total. The molecule has 2 amide bonds. The van der Waals surface area contributed by atoms with Crippen LogP contribution in [0.3, 0.4) is 0 Å². The predicted molar refractivity (Wildman–Crippen MR) is 77.0 cm³/mol. The van der Waals surface area contributed by atoms with Gasteiger partial charge in [-0.2, -0.15) is 13.2 Å². The van der Waals surface area contributed by atoms with Gasteiger partial charge >= 0.3 is 12.2 Å². The van der Waals surface area contributed by atoms with E-state index in [0.29, 0.717) is 19.7 Å². The van der Waals surface area contributed by atoms with Crippen molar-refractivity contribution < 1.29 is 22.7 Å². The van der Waals surface area contributed by atoms with E-state index in [1.54, 1.807) is 12.0 Å². The number of anilines is 1. The van der Waals surface area contributed by atoms with Crippen LogP contribution in [-0.2, 0) is 10.9 Å². The van der Waals surface area contributed by atoms with Gasteiger partial charge in [0.2, 0.25) is 0 Å². The van der Waals surface area contributed by atoms with E-state index in [-0.39, 0.29) is 11.6 Å². The first-order valence-corrected chi connectivity index (χ1v) is 7.10. The van der Waals surface area contributed by atoms with E-state index in [2.05, 4.69) is 5.32 Å². The minimum Gasteiger partial charge on any atom is -0.384 e. The first kappa shape index (κ1) is 16.9. The molecule has 1 N–H and O–H groups in total. The first-order valence-electron chi connectivity index (χ1n) is 6.73. The zero-order valence-electron chi connectivity index (χ0n) is 11.9. The van der Waals surface area contributed by atoms with Crippen LogP contribution in [0.15, 0.2) is 18.2 Å². The smallest absolute Gasteiger partial charge is 0.384 e. The number of hydrogen-bond acceptors (Lipinski definition) is 2. The van der Waals surface area contributed by atoms with Gasteiger partial charge in [0.15, 0.2) is 0 Å². The van der Waals surface area contributed by atoms with Crippen molar-refractivity contribution in [1.29, 1.82) is 0 Å². The summed E-state index contributed by atoms with van der Waals surface area (Å²) >= 11 is 5.54. The number of rotatable bonds is 3. The van der Waals surface area contributed by atoms with Crippen LogP contribution in [-0.4, -0.2) is 37.7 Å². The lowest BCUT2D eigenvalue weighted by molar-refractivity contribution is -0.137. The van der Waals surface area contributed by atoms with Gasteiger partial charge in [0, 0.05) is 31.8 Å². The van der Waals surface area contributed by atoms with Gasteiger partial charge in [0.1, 0.15) is 0 Å². The number of alkyl halides is 3. The Kier molecular flexibility index (Phi) is 5.18. The number of likely N-dealkylation sites (tertiary alicyclic amines) is 1. The topological polar surface area (TPSA) is 41.6 Å². The summed E-state index contributed by atoms with van der Waals surface area (Å²) in [5, 5.41) is 2.08. The van der Waals surface area contributed by atoms with Crippen molar-refractivity contribution in [1.82, 2.24) is 4.90 Å².